The van der Waals surface area contributed by atoms with E-state index in [0.29, 0.717) is 18.8 Å². The van der Waals surface area contributed by atoms with Crippen LogP contribution in [0.4, 0.5) is 11.5 Å². The van der Waals surface area contributed by atoms with Gasteiger partial charge in [-0.15, -0.1) is 0 Å². The Balaban J connectivity index is 2.02. The maximum absolute atomic E-state index is 10.9. The zero-order chi connectivity index (χ0) is 13.8. The standard InChI is InChI=1S/C12H15N5O2/c1-9-3-4-11(17(18)19)12(14-9)13-7-5-10-6-8-16(2)15-10/h3-4,6,8H,5,7H2,1-2H3,(H,13,14). The average molecular weight is 261 g/mol. The lowest BCUT2D eigenvalue weighted by molar-refractivity contribution is -0.384. The van der Waals surface area contributed by atoms with E-state index in [1.165, 1.54) is 6.07 Å². The molecule has 0 bridgehead atoms. The van der Waals surface area contributed by atoms with Crippen LogP contribution in [0.3, 0.4) is 0 Å². The molecule has 0 fully saturated rings. The van der Waals surface area contributed by atoms with E-state index in [9.17, 15) is 10.1 Å². The largest absolute Gasteiger partial charge is 0.364 e. The van der Waals surface area contributed by atoms with Gasteiger partial charge in [0, 0.05) is 38.0 Å². The first-order valence-corrected chi connectivity index (χ1v) is 5.90. The summed E-state index contributed by atoms with van der Waals surface area (Å²) in [7, 11) is 1.85. The molecule has 0 aromatic carbocycles. The van der Waals surface area contributed by atoms with Crippen molar-refractivity contribution >= 4 is 11.5 Å². The van der Waals surface area contributed by atoms with E-state index in [4.69, 9.17) is 0 Å². The molecule has 7 heteroatoms. The highest BCUT2D eigenvalue weighted by Crippen LogP contribution is 2.21. The summed E-state index contributed by atoms with van der Waals surface area (Å²) in [6.07, 6.45) is 2.55. The molecule has 19 heavy (non-hydrogen) atoms. The van der Waals surface area contributed by atoms with Crippen LogP contribution in [0.15, 0.2) is 24.4 Å². The zero-order valence-electron chi connectivity index (χ0n) is 10.8. The number of hydrogen-bond acceptors (Lipinski definition) is 5. The number of nitro groups is 1. The Morgan fingerprint density at radius 1 is 1.42 bits per heavy atom. The van der Waals surface area contributed by atoms with E-state index < -0.39 is 4.92 Å². The minimum atomic E-state index is -0.435. The molecule has 0 saturated carbocycles. The van der Waals surface area contributed by atoms with Crippen LogP contribution in [-0.2, 0) is 13.5 Å². The van der Waals surface area contributed by atoms with Gasteiger partial charge in [-0.2, -0.15) is 5.10 Å². The fourth-order valence-electron chi connectivity index (χ4n) is 1.73. The molecule has 0 aliphatic carbocycles. The molecule has 0 atom stereocenters. The molecule has 2 aromatic heterocycles. The summed E-state index contributed by atoms with van der Waals surface area (Å²) in [6.45, 7) is 2.35. The lowest BCUT2D eigenvalue weighted by atomic mass is 10.3. The lowest BCUT2D eigenvalue weighted by Crippen LogP contribution is -2.09. The van der Waals surface area contributed by atoms with Gasteiger partial charge in [-0.05, 0) is 19.1 Å². The number of pyridine rings is 1. The Morgan fingerprint density at radius 3 is 2.84 bits per heavy atom. The molecule has 0 saturated heterocycles. The Bertz CT molecular complexity index is 594. The van der Waals surface area contributed by atoms with Crippen molar-refractivity contribution in [1.29, 1.82) is 0 Å². The third kappa shape index (κ3) is 3.27. The third-order valence-electron chi connectivity index (χ3n) is 2.65. The number of rotatable bonds is 5. The number of anilines is 1. The first-order valence-electron chi connectivity index (χ1n) is 5.90. The van der Waals surface area contributed by atoms with Crippen molar-refractivity contribution < 1.29 is 4.92 Å². The van der Waals surface area contributed by atoms with Crippen LogP contribution in [0.1, 0.15) is 11.4 Å². The first kappa shape index (κ1) is 13.0. The van der Waals surface area contributed by atoms with Gasteiger partial charge in [0.1, 0.15) is 0 Å². The minimum absolute atomic E-state index is 0.00776. The van der Waals surface area contributed by atoms with E-state index in [0.717, 1.165) is 11.4 Å². The minimum Gasteiger partial charge on any atom is -0.364 e. The normalized spacial score (nSPS) is 10.4. The molecule has 0 spiro atoms. The van der Waals surface area contributed by atoms with Gasteiger partial charge in [0.15, 0.2) is 0 Å². The second-order valence-corrected chi connectivity index (χ2v) is 4.23. The number of hydrogen-bond donors (Lipinski definition) is 1. The summed E-state index contributed by atoms with van der Waals surface area (Å²) in [4.78, 5) is 14.6. The molecule has 0 radical (unpaired) electrons. The van der Waals surface area contributed by atoms with Gasteiger partial charge in [0.2, 0.25) is 5.82 Å². The molecular weight excluding hydrogens is 246 g/mol. The van der Waals surface area contributed by atoms with Crippen LogP contribution in [-0.4, -0.2) is 26.2 Å². The smallest absolute Gasteiger partial charge is 0.311 e. The summed E-state index contributed by atoms with van der Waals surface area (Å²) in [5.41, 5.74) is 1.67. The maximum atomic E-state index is 10.9. The van der Waals surface area contributed by atoms with Crippen molar-refractivity contribution in [2.24, 2.45) is 7.05 Å². The summed E-state index contributed by atoms with van der Waals surface area (Å²) in [5.74, 6) is 0.306. The molecule has 7 nitrogen and oxygen atoms in total. The first-order chi connectivity index (χ1) is 9.06. The molecule has 2 heterocycles. The fraction of sp³-hybridized carbons (Fsp3) is 0.333. The van der Waals surface area contributed by atoms with E-state index in [1.54, 1.807) is 17.7 Å². The van der Waals surface area contributed by atoms with E-state index in [-0.39, 0.29) is 5.69 Å². The average Bonchev–Trinajstić information content (AvgIpc) is 2.75. The van der Waals surface area contributed by atoms with E-state index >= 15 is 0 Å². The molecule has 2 rings (SSSR count). The van der Waals surface area contributed by atoms with Crippen molar-refractivity contribution in [3.8, 4) is 0 Å². The molecule has 0 amide bonds. The molecule has 0 unspecified atom stereocenters. The summed E-state index contributed by atoms with van der Waals surface area (Å²) in [5, 5.41) is 18.1. The summed E-state index contributed by atoms with van der Waals surface area (Å²) >= 11 is 0. The van der Waals surface area contributed by atoms with Crippen LogP contribution < -0.4 is 5.32 Å². The van der Waals surface area contributed by atoms with Crippen molar-refractivity contribution in [3.63, 3.8) is 0 Å². The number of nitrogens with zero attached hydrogens (tertiary/aromatic N) is 4. The topological polar surface area (TPSA) is 85.9 Å². The van der Waals surface area contributed by atoms with Gasteiger partial charge in [0.25, 0.3) is 0 Å². The summed E-state index contributed by atoms with van der Waals surface area (Å²) < 4.78 is 1.72. The van der Waals surface area contributed by atoms with Crippen LogP contribution in [0, 0.1) is 17.0 Å². The molecule has 0 aliphatic heterocycles. The van der Waals surface area contributed by atoms with E-state index in [2.05, 4.69) is 15.4 Å². The SMILES string of the molecule is Cc1ccc([N+](=O)[O-])c(NCCc2ccn(C)n2)n1. The fourth-order valence-corrected chi connectivity index (χ4v) is 1.73. The highest BCUT2D eigenvalue weighted by atomic mass is 16.6. The zero-order valence-corrected chi connectivity index (χ0v) is 10.8. The van der Waals surface area contributed by atoms with Crippen molar-refractivity contribution in [2.75, 3.05) is 11.9 Å². The highest BCUT2D eigenvalue weighted by molar-refractivity contribution is 5.56. The van der Waals surface area contributed by atoms with Gasteiger partial charge >= 0.3 is 5.69 Å². The second-order valence-electron chi connectivity index (χ2n) is 4.23. The van der Waals surface area contributed by atoms with Gasteiger partial charge in [-0.3, -0.25) is 14.8 Å². The molecule has 100 valence electrons. The van der Waals surface area contributed by atoms with Crippen LogP contribution in [0.2, 0.25) is 0 Å². The van der Waals surface area contributed by atoms with E-state index in [1.807, 2.05) is 19.3 Å². The van der Waals surface area contributed by atoms with Crippen molar-refractivity contribution in [2.45, 2.75) is 13.3 Å². The molecular formula is C12H15N5O2. The second kappa shape index (κ2) is 5.47. The number of aromatic nitrogens is 3. The predicted octanol–water partition coefficient (Wildman–Crippen LogP) is 1.69. The summed E-state index contributed by atoms with van der Waals surface area (Å²) in [6, 6.07) is 5.01. The number of aryl methyl sites for hydroxylation is 2. The van der Waals surface area contributed by atoms with Crippen LogP contribution >= 0.6 is 0 Å². The molecule has 0 aliphatic rings. The number of nitrogens with one attached hydrogen (secondary N) is 1. The predicted molar refractivity (Wildman–Crippen MR) is 71.0 cm³/mol. The Morgan fingerprint density at radius 2 is 2.21 bits per heavy atom. The monoisotopic (exact) mass is 261 g/mol. The Labute approximate surface area is 110 Å². The van der Waals surface area contributed by atoms with Crippen molar-refractivity contribution in [1.82, 2.24) is 14.8 Å². The van der Waals surface area contributed by atoms with Gasteiger partial charge in [-0.1, -0.05) is 0 Å². The van der Waals surface area contributed by atoms with Crippen LogP contribution in [0.5, 0.6) is 0 Å². The Kier molecular flexibility index (Phi) is 3.74. The van der Waals surface area contributed by atoms with Gasteiger partial charge in [-0.25, -0.2) is 4.98 Å². The molecule has 2 aromatic rings. The van der Waals surface area contributed by atoms with Crippen molar-refractivity contribution in [3.05, 3.63) is 45.9 Å². The third-order valence-corrected chi connectivity index (χ3v) is 2.65. The highest BCUT2D eigenvalue weighted by Gasteiger charge is 2.14. The quantitative estimate of drug-likeness (QED) is 0.653. The lowest BCUT2D eigenvalue weighted by Gasteiger charge is -2.05. The Hall–Kier alpha value is -2.44. The van der Waals surface area contributed by atoms with Gasteiger partial charge in [0.05, 0.1) is 10.6 Å². The maximum Gasteiger partial charge on any atom is 0.311 e. The molecule has 1 N–H and O–H groups in total. The van der Waals surface area contributed by atoms with Crippen LogP contribution in [0.25, 0.3) is 0 Å². The van der Waals surface area contributed by atoms with Gasteiger partial charge < -0.3 is 5.32 Å².